The largest absolute Gasteiger partial charge is 0.480 e. The van der Waals surface area contributed by atoms with Gasteiger partial charge in [-0.05, 0) is 6.42 Å². The third-order valence-electron chi connectivity index (χ3n) is 2.17. The van der Waals surface area contributed by atoms with Crippen LogP contribution in [-0.2, 0) is 9.59 Å². The van der Waals surface area contributed by atoms with Gasteiger partial charge in [0.05, 0.1) is 0 Å². The standard InChI is InChI=1S/C8H15N3O3/c9-2-1-7(12)11-5-3-6(8(13)14)10-4-5/h5-6,10H,1-4,9H2,(H,11,12)(H,13,14)/t5-,6+/m1/s1. The average molecular weight is 201 g/mol. The van der Waals surface area contributed by atoms with Crippen LogP contribution >= 0.6 is 0 Å². The summed E-state index contributed by atoms with van der Waals surface area (Å²) in [6.07, 6.45) is 0.722. The zero-order valence-electron chi connectivity index (χ0n) is 7.82. The lowest BCUT2D eigenvalue weighted by atomic mass is 10.1. The van der Waals surface area contributed by atoms with Crippen molar-refractivity contribution in [3.8, 4) is 0 Å². The number of hydrogen-bond acceptors (Lipinski definition) is 4. The molecule has 0 saturated carbocycles. The number of carboxylic acid groups (broad SMARTS) is 1. The summed E-state index contributed by atoms with van der Waals surface area (Å²) in [5, 5.41) is 14.2. The molecule has 0 radical (unpaired) electrons. The highest BCUT2D eigenvalue weighted by atomic mass is 16.4. The summed E-state index contributed by atoms with van der Waals surface area (Å²) in [6, 6.07) is -0.631. The van der Waals surface area contributed by atoms with Gasteiger partial charge in [0.1, 0.15) is 6.04 Å². The molecular formula is C8H15N3O3. The highest BCUT2D eigenvalue weighted by Gasteiger charge is 2.29. The Labute approximate surface area is 81.8 Å². The van der Waals surface area contributed by atoms with Crippen molar-refractivity contribution in [2.75, 3.05) is 13.1 Å². The normalized spacial score (nSPS) is 26.1. The van der Waals surface area contributed by atoms with Crippen molar-refractivity contribution < 1.29 is 14.7 Å². The van der Waals surface area contributed by atoms with Crippen molar-refractivity contribution in [3.63, 3.8) is 0 Å². The summed E-state index contributed by atoms with van der Waals surface area (Å²) in [5.74, 6) is -0.995. The summed E-state index contributed by atoms with van der Waals surface area (Å²) in [4.78, 5) is 21.7. The van der Waals surface area contributed by atoms with E-state index >= 15 is 0 Å². The van der Waals surface area contributed by atoms with Gasteiger partial charge in [-0.2, -0.15) is 0 Å². The van der Waals surface area contributed by atoms with E-state index in [9.17, 15) is 9.59 Å². The van der Waals surface area contributed by atoms with Gasteiger partial charge < -0.3 is 21.5 Å². The lowest BCUT2D eigenvalue weighted by molar-refractivity contribution is -0.139. The lowest BCUT2D eigenvalue weighted by Gasteiger charge is -2.10. The fraction of sp³-hybridized carbons (Fsp3) is 0.750. The summed E-state index contributed by atoms with van der Waals surface area (Å²) in [5.41, 5.74) is 5.21. The fourth-order valence-electron chi connectivity index (χ4n) is 1.46. The molecule has 0 spiro atoms. The molecule has 6 nitrogen and oxygen atoms in total. The van der Waals surface area contributed by atoms with Crippen LogP contribution in [0.2, 0.25) is 0 Å². The Balaban J connectivity index is 2.28. The predicted octanol–water partition coefficient (Wildman–Crippen LogP) is -1.73. The van der Waals surface area contributed by atoms with Crippen molar-refractivity contribution in [2.24, 2.45) is 5.73 Å². The SMILES string of the molecule is NCCC(=O)N[C@H]1CN[C@H](C(=O)O)C1. The van der Waals surface area contributed by atoms with Crippen molar-refractivity contribution in [3.05, 3.63) is 0 Å². The summed E-state index contributed by atoms with van der Waals surface area (Å²) >= 11 is 0. The number of carboxylic acids is 1. The Hall–Kier alpha value is -1.14. The topological polar surface area (TPSA) is 104 Å². The van der Waals surface area contributed by atoms with Gasteiger partial charge in [-0.3, -0.25) is 9.59 Å². The minimum Gasteiger partial charge on any atom is -0.480 e. The summed E-state index contributed by atoms with van der Waals surface area (Å²) < 4.78 is 0. The molecule has 0 aromatic rings. The average Bonchev–Trinajstić information content (AvgIpc) is 2.53. The highest BCUT2D eigenvalue weighted by molar-refractivity contribution is 5.77. The number of hydrogen-bond donors (Lipinski definition) is 4. The van der Waals surface area contributed by atoms with Crippen molar-refractivity contribution >= 4 is 11.9 Å². The molecule has 0 bridgehead atoms. The first-order valence-corrected chi connectivity index (χ1v) is 4.59. The van der Waals surface area contributed by atoms with Crippen LogP contribution < -0.4 is 16.4 Å². The van der Waals surface area contributed by atoms with Crippen LogP contribution in [0.3, 0.4) is 0 Å². The van der Waals surface area contributed by atoms with Crippen LogP contribution in [0.5, 0.6) is 0 Å². The molecule has 1 saturated heterocycles. The zero-order valence-corrected chi connectivity index (χ0v) is 7.82. The van der Waals surface area contributed by atoms with Gasteiger partial charge in [-0.25, -0.2) is 0 Å². The predicted molar refractivity (Wildman–Crippen MR) is 49.6 cm³/mol. The van der Waals surface area contributed by atoms with Gasteiger partial charge in [-0.15, -0.1) is 0 Å². The van der Waals surface area contributed by atoms with Gasteiger partial charge in [-0.1, -0.05) is 0 Å². The Morgan fingerprint density at radius 1 is 1.57 bits per heavy atom. The number of amides is 1. The van der Waals surface area contributed by atoms with E-state index in [1.165, 1.54) is 0 Å². The summed E-state index contributed by atoms with van der Waals surface area (Å²) in [6.45, 7) is 0.821. The first-order valence-electron chi connectivity index (χ1n) is 4.59. The van der Waals surface area contributed by atoms with Crippen LogP contribution in [0.4, 0.5) is 0 Å². The third kappa shape index (κ3) is 2.97. The molecule has 1 rings (SSSR count). The maximum Gasteiger partial charge on any atom is 0.320 e. The van der Waals surface area contributed by atoms with E-state index in [1.807, 2.05) is 0 Å². The number of carbonyl (C=O) groups excluding carboxylic acids is 1. The smallest absolute Gasteiger partial charge is 0.320 e. The van der Waals surface area contributed by atoms with Crippen LogP contribution in [0, 0.1) is 0 Å². The molecule has 1 aliphatic heterocycles. The Morgan fingerprint density at radius 2 is 2.29 bits per heavy atom. The minimum absolute atomic E-state index is 0.0878. The van der Waals surface area contributed by atoms with Gasteiger partial charge in [0.15, 0.2) is 0 Å². The molecule has 2 atom stereocenters. The monoisotopic (exact) mass is 201 g/mol. The van der Waals surface area contributed by atoms with Crippen LogP contribution in [0.25, 0.3) is 0 Å². The van der Waals surface area contributed by atoms with Gasteiger partial charge in [0, 0.05) is 25.6 Å². The number of nitrogens with two attached hydrogens (primary N) is 1. The van der Waals surface area contributed by atoms with Gasteiger partial charge in [0.25, 0.3) is 0 Å². The molecule has 1 heterocycles. The van der Waals surface area contributed by atoms with Crippen molar-refractivity contribution in [2.45, 2.75) is 24.9 Å². The van der Waals surface area contributed by atoms with E-state index < -0.39 is 12.0 Å². The molecule has 1 amide bonds. The second-order valence-electron chi connectivity index (χ2n) is 3.34. The Kier molecular flexibility index (Phi) is 3.84. The number of nitrogens with one attached hydrogen (secondary N) is 2. The Morgan fingerprint density at radius 3 is 2.79 bits per heavy atom. The maximum absolute atomic E-state index is 11.1. The molecular weight excluding hydrogens is 186 g/mol. The second kappa shape index (κ2) is 4.92. The first kappa shape index (κ1) is 10.9. The fourth-order valence-corrected chi connectivity index (χ4v) is 1.46. The minimum atomic E-state index is -0.874. The van der Waals surface area contributed by atoms with Crippen molar-refractivity contribution in [1.82, 2.24) is 10.6 Å². The molecule has 5 N–H and O–H groups in total. The molecule has 0 aromatic carbocycles. The highest BCUT2D eigenvalue weighted by Crippen LogP contribution is 2.06. The van der Waals surface area contributed by atoms with Crippen LogP contribution in [0.1, 0.15) is 12.8 Å². The zero-order chi connectivity index (χ0) is 10.6. The van der Waals surface area contributed by atoms with Gasteiger partial charge in [0.2, 0.25) is 5.91 Å². The first-order chi connectivity index (χ1) is 6.63. The molecule has 0 aromatic heterocycles. The molecule has 14 heavy (non-hydrogen) atoms. The molecule has 6 heteroatoms. The van der Waals surface area contributed by atoms with Crippen LogP contribution in [-0.4, -0.2) is 42.2 Å². The quantitative estimate of drug-likeness (QED) is 0.432. The van der Waals surface area contributed by atoms with E-state index in [0.717, 1.165) is 0 Å². The van der Waals surface area contributed by atoms with E-state index in [-0.39, 0.29) is 18.4 Å². The van der Waals surface area contributed by atoms with E-state index in [2.05, 4.69) is 10.6 Å². The maximum atomic E-state index is 11.1. The van der Waals surface area contributed by atoms with Crippen molar-refractivity contribution in [1.29, 1.82) is 0 Å². The Bertz CT molecular complexity index is 232. The number of aliphatic carboxylic acids is 1. The molecule has 0 aliphatic carbocycles. The van der Waals surface area contributed by atoms with E-state index in [1.54, 1.807) is 0 Å². The second-order valence-corrected chi connectivity index (χ2v) is 3.34. The van der Waals surface area contributed by atoms with E-state index in [0.29, 0.717) is 19.5 Å². The van der Waals surface area contributed by atoms with E-state index in [4.69, 9.17) is 10.8 Å². The molecule has 80 valence electrons. The number of carbonyl (C=O) groups is 2. The molecule has 1 aliphatic rings. The molecule has 1 fully saturated rings. The number of rotatable bonds is 4. The summed E-state index contributed by atoms with van der Waals surface area (Å²) in [7, 11) is 0. The van der Waals surface area contributed by atoms with Gasteiger partial charge >= 0.3 is 5.97 Å². The third-order valence-corrected chi connectivity index (χ3v) is 2.17. The lowest BCUT2D eigenvalue weighted by Crippen LogP contribution is -2.37. The van der Waals surface area contributed by atoms with Crippen LogP contribution in [0.15, 0.2) is 0 Å². The molecule has 0 unspecified atom stereocenters.